The van der Waals surface area contributed by atoms with Crippen LogP contribution in [0.5, 0.6) is 5.75 Å². The summed E-state index contributed by atoms with van der Waals surface area (Å²) in [5.74, 6) is 0.654. The van der Waals surface area contributed by atoms with Gasteiger partial charge in [-0.15, -0.1) is 0 Å². The number of piperidine rings is 1. The van der Waals surface area contributed by atoms with Gasteiger partial charge >= 0.3 is 0 Å². The van der Waals surface area contributed by atoms with Crippen LogP contribution in [-0.4, -0.2) is 43.1 Å². The molecule has 2 aliphatic rings. The topological polar surface area (TPSA) is 53.6 Å². The number of fused-ring (bicyclic) bond motifs is 1. The third-order valence-corrected chi connectivity index (χ3v) is 4.02. The molecule has 5 nitrogen and oxygen atoms in total. The molecule has 20 heavy (non-hydrogen) atoms. The molecule has 5 heteroatoms. The van der Waals surface area contributed by atoms with Crippen LogP contribution in [0.1, 0.15) is 19.8 Å². The largest absolute Gasteiger partial charge is 0.482 e. The Morgan fingerprint density at radius 3 is 2.95 bits per heavy atom. The van der Waals surface area contributed by atoms with Crippen molar-refractivity contribution in [3.63, 3.8) is 0 Å². The molecule has 1 aromatic carbocycles. The summed E-state index contributed by atoms with van der Waals surface area (Å²) in [6.45, 7) is 5.75. The van der Waals surface area contributed by atoms with Gasteiger partial charge in [0, 0.05) is 24.8 Å². The van der Waals surface area contributed by atoms with E-state index in [-0.39, 0.29) is 12.5 Å². The molecule has 108 valence electrons. The standard InChI is InChI=1S/C15H21N3O2/c1-2-18-7-5-11(6-8-18)16-12-3-4-14-13(9-12)17-15(19)10-20-14/h3-4,9,11,16H,2,5-8,10H2,1H3,(H,17,19). The van der Waals surface area contributed by atoms with Gasteiger partial charge in [-0.3, -0.25) is 4.79 Å². The number of rotatable bonds is 3. The predicted molar refractivity (Wildman–Crippen MR) is 79.3 cm³/mol. The number of nitrogens with zero attached hydrogens (tertiary/aromatic N) is 1. The predicted octanol–water partition coefficient (Wildman–Crippen LogP) is 1.91. The number of ether oxygens (including phenoxy) is 1. The molecule has 0 unspecified atom stereocenters. The minimum Gasteiger partial charge on any atom is -0.482 e. The fraction of sp³-hybridized carbons (Fsp3) is 0.533. The van der Waals surface area contributed by atoms with Gasteiger partial charge in [0.1, 0.15) is 5.75 Å². The Labute approximate surface area is 119 Å². The van der Waals surface area contributed by atoms with Gasteiger partial charge in [0.25, 0.3) is 5.91 Å². The first-order valence-electron chi connectivity index (χ1n) is 7.30. The highest BCUT2D eigenvalue weighted by Gasteiger charge is 2.19. The van der Waals surface area contributed by atoms with E-state index < -0.39 is 0 Å². The summed E-state index contributed by atoms with van der Waals surface area (Å²) in [5.41, 5.74) is 1.81. The summed E-state index contributed by atoms with van der Waals surface area (Å²) >= 11 is 0. The Morgan fingerprint density at radius 1 is 1.40 bits per heavy atom. The lowest BCUT2D eigenvalue weighted by atomic mass is 10.0. The maximum atomic E-state index is 11.3. The van der Waals surface area contributed by atoms with Gasteiger partial charge in [-0.05, 0) is 37.6 Å². The molecule has 0 spiro atoms. The van der Waals surface area contributed by atoms with Gasteiger partial charge in [-0.25, -0.2) is 0 Å². The van der Waals surface area contributed by atoms with Crippen molar-refractivity contribution in [3.05, 3.63) is 18.2 Å². The first-order valence-corrected chi connectivity index (χ1v) is 7.30. The third kappa shape index (κ3) is 2.88. The van der Waals surface area contributed by atoms with Gasteiger partial charge in [0.2, 0.25) is 0 Å². The first kappa shape index (κ1) is 13.2. The minimum atomic E-state index is -0.0918. The van der Waals surface area contributed by atoms with Gasteiger partial charge < -0.3 is 20.3 Å². The summed E-state index contributed by atoms with van der Waals surface area (Å²) in [6, 6.07) is 6.40. The first-order chi connectivity index (χ1) is 9.74. The molecule has 0 radical (unpaired) electrons. The summed E-state index contributed by atoms with van der Waals surface area (Å²) < 4.78 is 5.36. The molecule has 3 rings (SSSR count). The van der Waals surface area contributed by atoms with Crippen LogP contribution >= 0.6 is 0 Å². The van der Waals surface area contributed by atoms with Crippen molar-refractivity contribution < 1.29 is 9.53 Å². The highest BCUT2D eigenvalue weighted by atomic mass is 16.5. The second-order valence-corrected chi connectivity index (χ2v) is 5.40. The quantitative estimate of drug-likeness (QED) is 0.885. The van der Waals surface area contributed by atoms with Crippen molar-refractivity contribution in [2.24, 2.45) is 0 Å². The van der Waals surface area contributed by atoms with E-state index >= 15 is 0 Å². The summed E-state index contributed by atoms with van der Waals surface area (Å²) in [4.78, 5) is 13.8. The third-order valence-electron chi connectivity index (χ3n) is 4.02. The monoisotopic (exact) mass is 275 g/mol. The Kier molecular flexibility index (Phi) is 3.78. The average molecular weight is 275 g/mol. The van der Waals surface area contributed by atoms with Gasteiger partial charge in [0.15, 0.2) is 6.61 Å². The maximum Gasteiger partial charge on any atom is 0.262 e. The van der Waals surface area contributed by atoms with Crippen molar-refractivity contribution in [2.45, 2.75) is 25.8 Å². The fourth-order valence-corrected chi connectivity index (χ4v) is 2.80. The summed E-state index contributed by atoms with van der Waals surface area (Å²) in [5, 5.41) is 6.40. The maximum absolute atomic E-state index is 11.3. The van der Waals surface area contributed by atoms with Crippen molar-refractivity contribution >= 4 is 17.3 Å². The number of nitrogens with one attached hydrogen (secondary N) is 2. The number of hydrogen-bond donors (Lipinski definition) is 2. The SMILES string of the molecule is CCN1CCC(Nc2ccc3c(c2)NC(=O)CO3)CC1. The van der Waals surface area contributed by atoms with Crippen molar-refractivity contribution in [2.75, 3.05) is 36.9 Å². The molecular weight excluding hydrogens is 254 g/mol. The molecule has 1 saturated heterocycles. The van der Waals surface area contributed by atoms with Gasteiger partial charge in [-0.1, -0.05) is 6.92 Å². The molecule has 2 aliphatic heterocycles. The Bertz CT molecular complexity index is 496. The number of amides is 1. The lowest BCUT2D eigenvalue weighted by Gasteiger charge is -2.32. The van der Waals surface area contributed by atoms with Crippen LogP contribution in [0.3, 0.4) is 0 Å². The zero-order chi connectivity index (χ0) is 13.9. The van der Waals surface area contributed by atoms with Crippen LogP contribution in [0.25, 0.3) is 0 Å². The molecule has 1 amide bonds. The van der Waals surface area contributed by atoms with Crippen LogP contribution in [-0.2, 0) is 4.79 Å². The van der Waals surface area contributed by atoms with E-state index in [1.807, 2.05) is 18.2 Å². The Morgan fingerprint density at radius 2 is 2.20 bits per heavy atom. The van der Waals surface area contributed by atoms with Crippen LogP contribution in [0.2, 0.25) is 0 Å². The van der Waals surface area contributed by atoms with Crippen molar-refractivity contribution in [1.29, 1.82) is 0 Å². The van der Waals surface area contributed by atoms with Crippen molar-refractivity contribution in [1.82, 2.24) is 4.90 Å². The molecule has 2 heterocycles. The van der Waals surface area contributed by atoms with Crippen molar-refractivity contribution in [3.8, 4) is 5.75 Å². The second-order valence-electron chi connectivity index (χ2n) is 5.40. The molecule has 0 atom stereocenters. The number of carbonyl (C=O) groups is 1. The lowest BCUT2D eigenvalue weighted by molar-refractivity contribution is -0.118. The highest BCUT2D eigenvalue weighted by molar-refractivity contribution is 5.96. The van der Waals surface area contributed by atoms with E-state index in [4.69, 9.17) is 4.74 Å². The lowest BCUT2D eigenvalue weighted by Crippen LogP contribution is -2.38. The van der Waals surface area contributed by atoms with Crippen LogP contribution < -0.4 is 15.4 Å². The number of likely N-dealkylation sites (tertiary alicyclic amines) is 1. The number of carbonyl (C=O) groups excluding carboxylic acids is 1. The number of benzene rings is 1. The molecule has 1 aromatic rings. The van der Waals surface area contributed by atoms with E-state index in [1.54, 1.807) is 0 Å². The molecule has 0 aliphatic carbocycles. The molecule has 1 fully saturated rings. The smallest absolute Gasteiger partial charge is 0.262 e. The molecule has 0 saturated carbocycles. The van der Waals surface area contributed by atoms with Crippen LogP contribution in [0.4, 0.5) is 11.4 Å². The van der Waals surface area contributed by atoms with E-state index in [9.17, 15) is 4.79 Å². The second kappa shape index (κ2) is 5.71. The van der Waals surface area contributed by atoms with E-state index in [0.29, 0.717) is 6.04 Å². The van der Waals surface area contributed by atoms with E-state index in [2.05, 4.69) is 22.5 Å². The normalized spacial score (nSPS) is 19.9. The Hall–Kier alpha value is -1.75. The number of hydrogen-bond acceptors (Lipinski definition) is 4. The minimum absolute atomic E-state index is 0.0918. The highest BCUT2D eigenvalue weighted by Crippen LogP contribution is 2.31. The summed E-state index contributed by atoms with van der Waals surface area (Å²) in [6.07, 6.45) is 2.32. The zero-order valence-electron chi connectivity index (χ0n) is 11.8. The molecule has 0 aromatic heterocycles. The summed E-state index contributed by atoms with van der Waals surface area (Å²) in [7, 11) is 0. The fourth-order valence-electron chi connectivity index (χ4n) is 2.80. The molecule has 0 bridgehead atoms. The van der Waals surface area contributed by atoms with Crippen LogP contribution in [0, 0.1) is 0 Å². The van der Waals surface area contributed by atoms with E-state index in [0.717, 1.165) is 49.6 Å². The molecule has 2 N–H and O–H groups in total. The average Bonchev–Trinajstić information content (AvgIpc) is 2.47. The Balaban J connectivity index is 1.64. The zero-order valence-corrected chi connectivity index (χ0v) is 11.8. The van der Waals surface area contributed by atoms with Gasteiger partial charge in [-0.2, -0.15) is 0 Å². The van der Waals surface area contributed by atoms with Crippen LogP contribution in [0.15, 0.2) is 18.2 Å². The van der Waals surface area contributed by atoms with Gasteiger partial charge in [0.05, 0.1) is 5.69 Å². The molecular formula is C15H21N3O2. The number of anilines is 2. The van der Waals surface area contributed by atoms with E-state index in [1.165, 1.54) is 0 Å².